The van der Waals surface area contributed by atoms with Crippen LogP contribution in [0.15, 0.2) is 36.4 Å². The maximum absolute atomic E-state index is 11.9. The number of hydrogen-bond acceptors (Lipinski definition) is 5. The Morgan fingerprint density at radius 2 is 1.80 bits per heavy atom. The van der Waals surface area contributed by atoms with Gasteiger partial charge in [0, 0.05) is 12.1 Å². The molecule has 0 aliphatic rings. The third kappa shape index (κ3) is 4.82. The second-order valence-corrected chi connectivity index (χ2v) is 5.52. The average Bonchev–Trinajstić information content (AvgIpc) is 2.55. The lowest BCUT2D eigenvalue weighted by atomic mass is 10.2. The quantitative estimate of drug-likeness (QED) is 0.579. The van der Waals surface area contributed by atoms with Crippen LogP contribution in [0.1, 0.15) is 10.4 Å². The maximum atomic E-state index is 11.9. The number of carbonyl (C=O) groups excluding carboxylic acids is 1. The number of anilines is 1. The molecule has 2 N–H and O–H groups in total. The zero-order valence-corrected chi connectivity index (χ0v) is 13.9. The lowest BCUT2D eigenvalue weighted by Crippen LogP contribution is -2.20. The van der Waals surface area contributed by atoms with Crippen LogP contribution in [-0.2, 0) is 4.79 Å². The molecule has 0 spiro atoms. The third-order valence-electron chi connectivity index (χ3n) is 2.98. The van der Waals surface area contributed by atoms with E-state index in [-0.39, 0.29) is 32.7 Å². The summed E-state index contributed by atoms with van der Waals surface area (Å²) in [4.78, 5) is 32.9. The van der Waals surface area contributed by atoms with Crippen molar-refractivity contribution in [2.75, 3.05) is 11.9 Å². The fourth-order valence-corrected chi connectivity index (χ4v) is 2.32. The summed E-state index contributed by atoms with van der Waals surface area (Å²) in [5.74, 6) is -1.60. The van der Waals surface area contributed by atoms with Gasteiger partial charge < -0.3 is 15.2 Å². The molecule has 10 heteroatoms. The molecule has 1 amide bonds. The molecule has 0 aliphatic heterocycles. The molecule has 0 aromatic heterocycles. The van der Waals surface area contributed by atoms with Crippen LogP contribution in [0.4, 0.5) is 11.4 Å². The Kier molecular flexibility index (Phi) is 5.79. The van der Waals surface area contributed by atoms with Crippen LogP contribution < -0.4 is 10.1 Å². The normalized spacial score (nSPS) is 10.2. The summed E-state index contributed by atoms with van der Waals surface area (Å²) >= 11 is 11.7. The van der Waals surface area contributed by atoms with Crippen LogP contribution in [0.3, 0.4) is 0 Å². The van der Waals surface area contributed by atoms with E-state index in [0.29, 0.717) is 0 Å². The number of aromatic carboxylic acids is 1. The van der Waals surface area contributed by atoms with E-state index in [1.54, 1.807) is 0 Å². The monoisotopic (exact) mass is 384 g/mol. The number of carboxylic acid groups (broad SMARTS) is 1. The highest BCUT2D eigenvalue weighted by atomic mass is 35.5. The topological polar surface area (TPSA) is 119 Å². The fourth-order valence-electron chi connectivity index (χ4n) is 1.81. The summed E-state index contributed by atoms with van der Waals surface area (Å²) in [6.07, 6.45) is 0. The Labute approximate surface area is 151 Å². The first-order valence-electron chi connectivity index (χ1n) is 6.67. The second kappa shape index (κ2) is 7.82. The number of nitrogens with one attached hydrogen (secondary N) is 1. The van der Waals surface area contributed by atoms with Crippen molar-refractivity contribution in [1.82, 2.24) is 0 Å². The van der Waals surface area contributed by atoms with Gasteiger partial charge in [0.1, 0.15) is 5.75 Å². The number of amides is 1. The SMILES string of the molecule is O=C(COc1ccc([N+](=O)[O-])cc1)Nc1cc(C(=O)O)c(Cl)cc1Cl. The standard InChI is InChI=1S/C15H10Cl2N2O6/c16-11-6-12(17)13(5-10(11)15(21)22)18-14(20)7-25-9-3-1-8(2-4-9)19(23)24/h1-6H,7H2,(H,18,20)(H,21,22). The Morgan fingerprint density at radius 3 is 2.36 bits per heavy atom. The van der Waals surface area contributed by atoms with Crippen molar-refractivity contribution < 1.29 is 24.4 Å². The van der Waals surface area contributed by atoms with Gasteiger partial charge in [-0.15, -0.1) is 0 Å². The second-order valence-electron chi connectivity index (χ2n) is 4.70. The molecule has 0 saturated carbocycles. The van der Waals surface area contributed by atoms with Crippen molar-refractivity contribution in [3.8, 4) is 5.75 Å². The minimum absolute atomic E-state index is 0.0578. The van der Waals surface area contributed by atoms with Gasteiger partial charge in [-0.05, 0) is 24.3 Å². The molecule has 8 nitrogen and oxygen atoms in total. The highest BCUT2D eigenvalue weighted by molar-refractivity contribution is 6.38. The molecule has 25 heavy (non-hydrogen) atoms. The Hall–Kier alpha value is -2.84. The smallest absolute Gasteiger partial charge is 0.337 e. The third-order valence-corrected chi connectivity index (χ3v) is 3.60. The number of carboxylic acids is 1. The van der Waals surface area contributed by atoms with E-state index >= 15 is 0 Å². The molecular formula is C15H10Cl2N2O6. The number of benzene rings is 2. The molecule has 0 bridgehead atoms. The van der Waals surface area contributed by atoms with Gasteiger partial charge in [-0.25, -0.2) is 4.79 Å². The zero-order chi connectivity index (χ0) is 18.6. The number of carbonyl (C=O) groups is 2. The predicted octanol–water partition coefficient (Wildman–Crippen LogP) is 3.62. The number of nitro benzene ring substituents is 1. The van der Waals surface area contributed by atoms with Crippen LogP contribution in [0.25, 0.3) is 0 Å². The van der Waals surface area contributed by atoms with Gasteiger partial charge in [-0.1, -0.05) is 23.2 Å². The molecule has 2 aromatic rings. The van der Waals surface area contributed by atoms with Gasteiger partial charge in [-0.2, -0.15) is 0 Å². The number of nitrogens with zero attached hydrogens (tertiary/aromatic N) is 1. The van der Waals surface area contributed by atoms with Crippen molar-refractivity contribution in [2.45, 2.75) is 0 Å². The van der Waals surface area contributed by atoms with Crippen LogP contribution in [0.5, 0.6) is 5.75 Å². The largest absolute Gasteiger partial charge is 0.484 e. The lowest BCUT2D eigenvalue weighted by molar-refractivity contribution is -0.384. The lowest BCUT2D eigenvalue weighted by Gasteiger charge is -2.10. The van der Waals surface area contributed by atoms with E-state index in [1.807, 2.05) is 0 Å². The first-order chi connectivity index (χ1) is 11.8. The van der Waals surface area contributed by atoms with Gasteiger partial charge in [0.25, 0.3) is 11.6 Å². The summed E-state index contributed by atoms with van der Waals surface area (Å²) < 4.78 is 5.20. The van der Waals surface area contributed by atoms with Crippen LogP contribution in [-0.4, -0.2) is 28.5 Å². The number of nitro groups is 1. The van der Waals surface area contributed by atoms with Crippen molar-refractivity contribution in [1.29, 1.82) is 0 Å². The van der Waals surface area contributed by atoms with E-state index in [9.17, 15) is 19.7 Å². The van der Waals surface area contributed by atoms with Gasteiger partial charge in [0.2, 0.25) is 0 Å². The van der Waals surface area contributed by atoms with Crippen molar-refractivity contribution in [3.05, 3.63) is 62.1 Å². The fraction of sp³-hybridized carbons (Fsp3) is 0.0667. The van der Waals surface area contributed by atoms with Crippen molar-refractivity contribution >= 4 is 46.5 Å². The number of ether oxygens (including phenoxy) is 1. The summed E-state index contributed by atoms with van der Waals surface area (Å²) in [7, 11) is 0. The molecule has 0 saturated heterocycles. The Bertz CT molecular complexity index is 839. The minimum Gasteiger partial charge on any atom is -0.484 e. The highest BCUT2D eigenvalue weighted by Gasteiger charge is 2.15. The van der Waals surface area contributed by atoms with E-state index < -0.39 is 23.4 Å². The molecule has 0 unspecified atom stereocenters. The van der Waals surface area contributed by atoms with Crippen molar-refractivity contribution in [3.63, 3.8) is 0 Å². The Balaban J connectivity index is 2.01. The molecule has 2 rings (SSSR count). The average molecular weight is 385 g/mol. The molecule has 0 atom stereocenters. The van der Waals surface area contributed by atoms with E-state index in [4.69, 9.17) is 33.0 Å². The first kappa shape index (κ1) is 18.5. The highest BCUT2D eigenvalue weighted by Crippen LogP contribution is 2.29. The summed E-state index contributed by atoms with van der Waals surface area (Å²) in [5, 5.41) is 22.0. The molecule has 0 heterocycles. The van der Waals surface area contributed by atoms with Crippen LogP contribution in [0.2, 0.25) is 10.0 Å². The van der Waals surface area contributed by atoms with E-state index in [2.05, 4.69) is 5.32 Å². The molecular weight excluding hydrogens is 375 g/mol. The summed E-state index contributed by atoms with van der Waals surface area (Å²) in [6, 6.07) is 7.52. The number of rotatable bonds is 6. The van der Waals surface area contributed by atoms with E-state index in [1.165, 1.54) is 30.3 Å². The number of halogens is 2. The van der Waals surface area contributed by atoms with Gasteiger partial charge in [-0.3, -0.25) is 14.9 Å². The molecule has 0 fully saturated rings. The predicted molar refractivity (Wildman–Crippen MR) is 90.6 cm³/mol. The maximum Gasteiger partial charge on any atom is 0.337 e. The van der Waals surface area contributed by atoms with Crippen LogP contribution in [0, 0.1) is 10.1 Å². The van der Waals surface area contributed by atoms with Gasteiger partial charge in [0.15, 0.2) is 6.61 Å². The molecule has 0 aliphatic carbocycles. The summed E-state index contributed by atoms with van der Waals surface area (Å²) in [5.41, 5.74) is -0.246. The summed E-state index contributed by atoms with van der Waals surface area (Å²) in [6.45, 7) is -0.404. The Morgan fingerprint density at radius 1 is 1.16 bits per heavy atom. The van der Waals surface area contributed by atoms with Crippen LogP contribution >= 0.6 is 23.2 Å². The van der Waals surface area contributed by atoms with Gasteiger partial charge in [0.05, 0.1) is 26.2 Å². The van der Waals surface area contributed by atoms with E-state index in [0.717, 1.165) is 6.07 Å². The number of hydrogen-bond donors (Lipinski definition) is 2. The zero-order valence-electron chi connectivity index (χ0n) is 12.4. The van der Waals surface area contributed by atoms with Gasteiger partial charge >= 0.3 is 5.97 Å². The number of non-ortho nitro benzene ring substituents is 1. The van der Waals surface area contributed by atoms with Crippen molar-refractivity contribution in [2.24, 2.45) is 0 Å². The molecule has 2 aromatic carbocycles. The first-order valence-corrected chi connectivity index (χ1v) is 7.43. The molecule has 130 valence electrons. The molecule has 0 radical (unpaired) electrons. The minimum atomic E-state index is -1.26.